The molecular formula is C6H10N2. The molecule has 0 N–H and O–H groups in total. The van der Waals surface area contributed by atoms with E-state index in [-0.39, 0.29) is 0 Å². The van der Waals surface area contributed by atoms with Crippen molar-refractivity contribution >= 4 is 11.9 Å². The van der Waals surface area contributed by atoms with Gasteiger partial charge in [-0.25, -0.2) is 0 Å². The van der Waals surface area contributed by atoms with Gasteiger partial charge >= 0.3 is 0 Å². The van der Waals surface area contributed by atoms with Gasteiger partial charge in [-0.05, 0) is 13.3 Å². The van der Waals surface area contributed by atoms with Crippen LogP contribution in [0.1, 0.15) is 20.3 Å². The number of rotatable bonds is 0. The Labute approximate surface area is 49.3 Å². The molecule has 0 aromatic carbocycles. The van der Waals surface area contributed by atoms with E-state index in [2.05, 4.69) is 17.1 Å². The zero-order chi connectivity index (χ0) is 5.98. The second kappa shape index (κ2) is 2.07. The molecule has 1 heterocycles. The lowest BCUT2D eigenvalue weighted by Gasteiger charge is -2.08. The third-order valence-electron chi connectivity index (χ3n) is 1.47. The standard InChI is InChI=1S/C6H10N2/c1-5-3-4-7-8-6(5)2/h4-5H,3H2,1-2H3. The SMILES string of the molecule is CC1=NN=CCC1C. The van der Waals surface area contributed by atoms with Crippen molar-refractivity contribution in [2.45, 2.75) is 20.3 Å². The predicted molar refractivity (Wildman–Crippen MR) is 35.4 cm³/mol. The number of nitrogens with zero attached hydrogens (tertiary/aromatic N) is 2. The summed E-state index contributed by atoms with van der Waals surface area (Å²) in [6.07, 6.45) is 2.91. The maximum Gasteiger partial charge on any atom is 0.0406 e. The summed E-state index contributed by atoms with van der Waals surface area (Å²) in [5.74, 6) is 0.604. The minimum atomic E-state index is 0.604. The average molecular weight is 110 g/mol. The molecule has 0 saturated heterocycles. The Hall–Kier alpha value is -0.660. The molecule has 0 bridgehead atoms. The highest BCUT2D eigenvalue weighted by atomic mass is 15.2. The molecule has 2 heteroatoms. The molecule has 2 nitrogen and oxygen atoms in total. The highest BCUT2D eigenvalue weighted by Gasteiger charge is 2.05. The van der Waals surface area contributed by atoms with Crippen LogP contribution in [0.4, 0.5) is 0 Å². The van der Waals surface area contributed by atoms with E-state index >= 15 is 0 Å². The molecule has 1 aliphatic heterocycles. The van der Waals surface area contributed by atoms with Crippen molar-refractivity contribution in [3.05, 3.63) is 0 Å². The van der Waals surface area contributed by atoms with Gasteiger partial charge in [-0.15, -0.1) is 0 Å². The van der Waals surface area contributed by atoms with E-state index in [0.29, 0.717) is 5.92 Å². The topological polar surface area (TPSA) is 24.7 Å². The van der Waals surface area contributed by atoms with Crippen LogP contribution in [-0.2, 0) is 0 Å². The van der Waals surface area contributed by atoms with E-state index in [1.807, 2.05) is 13.1 Å². The lowest BCUT2D eigenvalue weighted by molar-refractivity contribution is 0.795. The Morgan fingerprint density at radius 1 is 1.75 bits per heavy atom. The molecule has 0 aromatic rings. The Bertz CT molecular complexity index is 135. The van der Waals surface area contributed by atoms with Crippen molar-refractivity contribution in [3.8, 4) is 0 Å². The minimum Gasteiger partial charge on any atom is -0.164 e. The lowest BCUT2D eigenvalue weighted by atomic mass is 10.0. The van der Waals surface area contributed by atoms with Gasteiger partial charge in [0.2, 0.25) is 0 Å². The van der Waals surface area contributed by atoms with Crippen LogP contribution in [0.3, 0.4) is 0 Å². The molecule has 1 aliphatic rings. The summed E-state index contributed by atoms with van der Waals surface area (Å²) in [5.41, 5.74) is 1.15. The van der Waals surface area contributed by atoms with Crippen LogP contribution in [0, 0.1) is 5.92 Å². The summed E-state index contributed by atoms with van der Waals surface area (Å²) in [6, 6.07) is 0. The van der Waals surface area contributed by atoms with E-state index in [0.717, 1.165) is 12.1 Å². The van der Waals surface area contributed by atoms with Gasteiger partial charge < -0.3 is 0 Å². The average Bonchev–Trinajstić information content (AvgIpc) is 1.77. The molecule has 0 amide bonds. The summed E-state index contributed by atoms with van der Waals surface area (Å²) >= 11 is 0. The summed E-state index contributed by atoms with van der Waals surface area (Å²) < 4.78 is 0. The predicted octanol–water partition coefficient (Wildman–Crippen LogP) is 1.47. The fourth-order valence-corrected chi connectivity index (χ4v) is 0.606. The Kier molecular flexibility index (Phi) is 1.42. The van der Waals surface area contributed by atoms with Gasteiger partial charge in [-0.3, -0.25) is 0 Å². The first kappa shape index (κ1) is 5.48. The molecule has 1 unspecified atom stereocenters. The fourth-order valence-electron chi connectivity index (χ4n) is 0.606. The normalized spacial score (nSPS) is 27.8. The molecule has 0 aromatic heterocycles. The van der Waals surface area contributed by atoms with Gasteiger partial charge in [-0.2, -0.15) is 10.2 Å². The van der Waals surface area contributed by atoms with Crippen molar-refractivity contribution in [3.63, 3.8) is 0 Å². The van der Waals surface area contributed by atoms with E-state index in [1.165, 1.54) is 0 Å². The molecule has 0 saturated carbocycles. The molecule has 0 fully saturated rings. The Morgan fingerprint density at radius 3 is 2.88 bits per heavy atom. The molecule has 1 rings (SSSR count). The van der Waals surface area contributed by atoms with Crippen LogP contribution in [0.2, 0.25) is 0 Å². The van der Waals surface area contributed by atoms with E-state index in [4.69, 9.17) is 0 Å². The minimum absolute atomic E-state index is 0.604. The van der Waals surface area contributed by atoms with Crippen LogP contribution < -0.4 is 0 Å². The first-order valence-electron chi connectivity index (χ1n) is 2.86. The van der Waals surface area contributed by atoms with Gasteiger partial charge in [0.15, 0.2) is 0 Å². The van der Waals surface area contributed by atoms with Gasteiger partial charge in [0.25, 0.3) is 0 Å². The van der Waals surface area contributed by atoms with Crippen LogP contribution in [0.15, 0.2) is 10.2 Å². The summed E-state index contributed by atoms with van der Waals surface area (Å²) in [7, 11) is 0. The lowest BCUT2D eigenvalue weighted by Crippen LogP contribution is -2.09. The molecule has 0 aliphatic carbocycles. The van der Waals surface area contributed by atoms with E-state index in [9.17, 15) is 0 Å². The molecule has 44 valence electrons. The van der Waals surface area contributed by atoms with Crippen LogP contribution in [0.25, 0.3) is 0 Å². The van der Waals surface area contributed by atoms with Crippen molar-refractivity contribution in [1.82, 2.24) is 0 Å². The highest BCUT2D eigenvalue weighted by molar-refractivity contribution is 5.88. The third-order valence-corrected chi connectivity index (χ3v) is 1.47. The Morgan fingerprint density at radius 2 is 2.50 bits per heavy atom. The molecule has 0 spiro atoms. The fraction of sp³-hybridized carbons (Fsp3) is 0.667. The summed E-state index contributed by atoms with van der Waals surface area (Å²) in [5, 5.41) is 7.67. The van der Waals surface area contributed by atoms with Crippen molar-refractivity contribution in [2.24, 2.45) is 16.1 Å². The van der Waals surface area contributed by atoms with Gasteiger partial charge in [0.1, 0.15) is 0 Å². The number of hydrogen-bond acceptors (Lipinski definition) is 2. The quantitative estimate of drug-likeness (QED) is 0.451. The van der Waals surface area contributed by atoms with Crippen LogP contribution in [0.5, 0.6) is 0 Å². The van der Waals surface area contributed by atoms with Crippen LogP contribution in [-0.4, -0.2) is 11.9 Å². The van der Waals surface area contributed by atoms with E-state index in [1.54, 1.807) is 0 Å². The molecule has 8 heavy (non-hydrogen) atoms. The van der Waals surface area contributed by atoms with Gasteiger partial charge in [0, 0.05) is 17.8 Å². The van der Waals surface area contributed by atoms with Gasteiger partial charge in [0.05, 0.1) is 0 Å². The number of hydrogen-bond donors (Lipinski definition) is 0. The highest BCUT2D eigenvalue weighted by Crippen LogP contribution is 2.06. The molecule has 0 radical (unpaired) electrons. The smallest absolute Gasteiger partial charge is 0.0406 e. The first-order chi connectivity index (χ1) is 3.80. The van der Waals surface area contributed by atoms with Crippen LogP contribution >= 0.6 is 0 Å². The maximum atomic E-state index is 3.90. The second-order valence-corrected chi connectivity index (χ2v) is 2.18. The summed E-state index contributed by atoms with van der Waals surface area (Å²) in [4.78, 5) is 0. The van der Waals surface area contributed by atoms with E-state index < -0.39 is 0 Å². The van der Waals surface area contributed by atoms with Gasteiger partial charge in [-0.1, -0.05) is 6.92 Å². The van der Waals surface area contributed by atoms with Crippen molar-refractivity contribution in [1.29, 1.82) is 0 Å². The zero-order valence-corrected chi connectivity index (χ0v) is 5.26. The maximum absolute atomic E-state index is 3.90. The monoisotopic (exact) mass is 110 g/mol. The zero-order valence-electron chi connectivity index (χ0n) is 5.26. The van der Waals surface area contributed by atoms with Crippen molar-refractivity contribution in [2.75, 3.05) is 0 Å². The van der Waals surface area contributed by atoms with Crippen molar-refractivity contribution < 1.29 is 0 Å². The second-order valence-electron chi connectivity index (χ2n) is 2.18. The first-order valence-corrected chi connectivity index (χ1v) is 2.86. The summed E-state index contributed by atoms with van der Waals surface area (Å²) in [6.45, 7) is 4.17. The molecular weight excluding hydrogens is 100 g/mol. The Balaban J connectivity index is 2.66. The largest absolute Gasteiger partial charge is 0.164 e. The third kappa shape index (κ3) is 0.941. The molecule has 1 atom stereocenters.